The molecule has 14 heavy (non-hydrogen) atoms. The Hall–Kier alpha value is -1.82. The molecule has 1 atom stereocenters. The number of aliphatic carboxylic acids is 1. The second-order valence-corrected chi connectivity index (χ2v) is 2.97. The molecule has 0 saturated carbocycles. The highest BCUT2D eigenvalue weighted by molar-refractivity contribution is 5.73. The molecule has 6 heteroatoms. The molecule has 0 spiro atoms. The maximum Gasteiger partial charge on any atom is 0.320 e. The van der Waals surface area contributed by atoms with Crippen molar-refractivity contribution in [2.45, 2.75) is 12.5 Å². The van der Waals surface area contributed by atoms with E-state index in [-0.39, 0.29) is 12.2 Å². The first kappa shape index (κ1) is 10.3. The third kappa shape index (κ3) is 2.33. The molecule has 0 aliphatic carbocycles. The van der Waals surface area contributed by atoms with Gasteiger partial charge in [0.05, 0.1) is 5.69 Å². The number of carboxylic acids is 1. The van der Waals surface area contributed by atoms with Gasteiger partial charge in [0, 0.05) is 6.20 Å². The number of rotatable bonds is 3. The Morgan fingerprint density at radius 1 is 1.57 bits per heavy atom. The maximum atomic E-state index is 10.5. The fraction of sp³-hybridized carbons (Fsp3) is 0.250. The first-order valence-corrected chi connectivity index (χ1v) is 3.99. The van der Waals surface area contributed by atoms with E-state index >= 15 is 0 Å². The summed E-state index contributed by atoms with van der Waals surface area (Å²) >= 11 is 0. The highest BCUT2D eigenvalue weighted by atomic mass is 16.4. The highest BCUT2D eigenvalue weighted by Crippen LogP contribution is 2.13. The molecule has 0 radical (unpaired) electrons. The average molecular weight is 196 g/mol. The van der Waals surface area contributed by atoms with Crippen molar-refractivity contribution in [2.75, 3.05) is 11.5 Å². The molecule has 1 heterocycles. The van der Waals surface area contributed by atoms with Gasteiger partial charge in [-0.05, 0) is 18.1 Å². The lowest BCUT2D eigenvalue weighted by Gasteiger charge is -2.07. The molecular weight excluding hydrogens is 184 g/mol. The fourth-order valence-corrected chi connectivity index (χ4v) is 0.991. The molecule has 7 N–H and O–H groups in total. The van der Waals surface area contributed by atoms with Crippen molar-refractivity contribution in [1.29, 1.82) is 0 Å². The van der Waals surface area contributed by atoms with Crippen LogP contribution in [0.3, 0.4) is 0 Å². The van der Waals surface area contributed by atoms with Gasteiger partial charge in [0.2, 0.25) is 0 Å². The first-order valence-electron chi connectivity index (χ1n) is 3.99. The van der Waals surface area contributed by atoms with Gasteiger partial charge in [-0.1, -0.05) is 0 Å². The van der Waals surface area contributed by atoms with Crippen LogP contribution in [0.15, 0.2) is 12.3 Å². The summed E-state index contributed by atoms with van der Waals surface area (Å²) in [4.78, 5) is 14.2. The first-order chi connectivity index (χ1) is 6.50. The zero-order valence-electron chi connectivity index (χ0n) is 7.47. The smallest absolute Gasteiger partial charge is 0.320 e. The Kier molecular flexibility index (Phi) is 2.88. The van der Waals surface area contributed by atoms with Crippen LogP contribution in [0.2, 0.25) is 0 Å². The van der Waals surface area contributed by atoms with Gasteiger partial charge in [0.25, 0.3) is 0 Å². The van der Waals surface area contributed by atoms with Crippen molar-refractivity contribution in [3.8, 4) is 0 Å². The van der Waals surface area contributed by atoms with Crippen molar-refractivity contribution in [3.05, 3.63) is 17.8 Å². The SMILES string of the molecule is Nc1cc(CC(N)C(=O)O)cnc1N. The largest absolute Gasteiger partial charge is 0.480 e. The zero-order chi connectivity index (χ0) is 10.7. The number of aromatic nitrogens is 1. The van der Waals surface area contributed by atoms with Crippen LogP contribution in [0.5, 0.6) is 0 Å². The molecule has 1 unspecified atom stereocenters. The molecule has 6 nitrogen and oxygen atoms in total. The molecule has 0 amide bonds. The second kappa shape index (κ2) is 3.93. The standard InChI is InChI=1S/C8H12N4O2/c9-5-1-4(3-12-7(5)11)2-6(10)8(13)14/h1,3,6H,2,9-10H2,(H2,11,12)(H,13,14). The lowest BCUT2D eigenvalue weighted by Crippen LogP contribution is -2.32. The third-order valence-electron chi connectivity index (χ3n) is 1.78. The molecule has 0 bridgehead atoms. The van der Waals surface area contributed by atoms with Gasteiger partial charge in [0.1, 0.15) is 11.9 Å². The van der Waals surface area contributed by atoms with Crippen LogP contribution < -0.4 is 17.2 Å². The van der Waals surface area contributed by atoms with Crippen LogP contribution in [0.25, 0.3) is 0 Å². The van der Waals surface area contributed by atoms with Crippen molar-refractivity contribution in [2.24, 2.45) is 5.73 Å². The Morgan fingerprint density at radius 2 is 2.21 bits per heavy atom. The van der Waals surface area contributed by atoms with Crippen LogP contribution in [-0.4, -0.2) is 22.1 Å². The van der Waals surface area contributed by atoms with E-state index in [0.717, 1.165) is 0 Å². The van der Waals surface area contributed by atoms with Crippen LogP contribution in [0.4, 0.5) is 11.5 Å². The van der Waals surface area contributed by atoms with E-state index in [1.54, 1.807) is 6.07 Å². The van der Waals surface area contributed by atoms with Crippen LogP contribution in [0.1, 0.15) is 5.56 Å². The summed E-state index contributed by atoms with van der Waals surface area (Å²) in [6.07, 6.45) is 1.65. The van der Waals surface area contributed by atoms with Crippen molar-refractivity contribution >= 4 is 17.5 Å². The summed E-state index contributed by atoms with van der Waals surface area (Å²) < 4.78 is 0. The molecule has 0 aromatic carbocycles. The minimum Gasteiger partial charge on any atom is -0.480 e. The number of hydrogen-bond donors (Lipinski definition) is 4. The number of carboxylic acid groups (broad SMARTS) is 1. The topological polar surface area (TPSA) is 128 Å². The van der Waals surface area contributed by atoms with Crippen LogP contribution in [0, 0.1) is 0 Å². The van der Waals surface area contributed by atoms with Crippen LogP contribution in [-0.2, 0) is 11.2 Å². The molecular formula is C8H12N4O2. The Bertz CT molecular complexity index is 353. The van der Waals surface area contributed by atoms with E-state index in [0.29, 0.717) is 11.3 Å². The summed E-state index contributed by atoms with van der Waals surface area (Å²) in [6, 6.07) is 0.630. The quantitative estimate of drug-likeness (QED) is 0.501. The molecule has 1 aromatic heterocycles. The monoisotopic (exact) mass is 196 g/mol. The molecule has 0 aliphatic heterocycles. The summed E-state index contributed by atoms with van der Waals surface area (Å²) in [7, 11) is 0. The Morgan fingerprint density at radius 3 is 2.71 bits per heavy atom. The summed E-state index contributed by atoms with van der Waals surface area (Å²) in [5.74, 6) is -0.821. The Labute approximate surface area is 80.7 Å². The lowest BCUT2D eigenvalue weighted by atomic mass is 10.1. The summed E-state index contributed by atoms with van der Waals surface area (Å²) in [5, 5.41) is 8.57. The van der Waals surface area contributed by atoms with E-state index in [1.807, 2.05) is 0 Å². The number of anilines is 2. The summed E-state index contributed by atoms with van der Waals surface area (Å²) in [6.45, 7) is 0. The molecule has 0 saturated heterocycles. The Balaban J connectivity index is 2.78. The molecule has 76 valence electrons. The molecule has 0 aliphatic rings. The second-order valence-electron chi connectivity index (χ2n) is 2.97. The summed E-state index contributed by atoms with van der Waals surface area (Å²) in [5.41, 5.74) is 17.2. The van der Waals surface area contributed by atoms with Gasteiger partial charge >= 0.3 is 5.97 Å². The molecule has 1 aromatic rings. The number of pyridine rings is 1. The third-order valence-corrected chi connectivity index (χ3v) is 1.78. The maximum absolute atomic E-state index is 10.5. The highest BCUT2D eigenvalue weighted by Gasteiger charge is 2.12. The number of nitrogen functional groups attached to an aromatic ring is 2. The normalized spacial score (nSPS) is 12.4. The number of carbonyl (C=O) groups is 1. The number of nitrogens with two attached hydrogens (primary N) is 3. The van der Waals surface area contributed by atoms with Crippen molar-refractivity contribution < 1.29 is 9.90 Å². The van der Waals surface area contributed by atoms with E-state index < -0.39 is 12.0 Å². The van der Waals surface area contributed by atoms with E-state index in [9.17, 15) is 4.79 Å². The van der Waals surface area contributed by atoms with E-state index in [4.69, 9.17) is 22.3 Å². The average Bonchev–Trinajstić information content (AvgIpc) is 2.11. The number of nitrogens with zero attached hydrogens (tertiary/aromatic N) is 1. The van der Waals surface area contributed by atoms with Gasteiger partial charge in [-0.2, -0.15) is 0 Å². The van der Waals surface area contributed by atoms with Gasteiger partial charge in [-0.15, -0.1) is 0 Å². The molecule has 1 rings (SSSR count). The van der Waals surface area contributed by atoms with E-state index in [2.05, 4.69) is 4.98 Å². The lowest BCUT2D eigenvalue weighted by molar-refractivity contribution is -0.138. The fourth-order valence-electron chi connectivity index (χ4n) is 0.991. The van der Waals surface area contributed by atoms with Crippen molar-refractivity contribution in [3.63, 3.8) is 0 Å². The molecule has 0 fully saturated rings. The predicted octanol–water partition coefficient (Wildman–Crippen LogP) is -0.800. The zero-order valence-corrected chi connectivity index (χ0v) is 7.47. The minimum absolute atomic E-state index is 0.187. The minimum atomic E-state index is -1.06. The van der Waals surface area contributed by atoms with Crippen molar-refractivity contribution in [1.82, 2.24) is 4.98 Å². The predicted molar refractivity (Wildman–Crippen MR) is 52.4 cm³/mol. The van der Waals surface area contributed by atoms with E-state index in [1.165, 1.54) is 6.20 Å². The van der Waals surface area contributed by atoms with Crippen LogP contribution >= 0.6 is 0 Å². The number of hydrogen-bond acceptors (Lipinski definition) is 5. The van der Waals surface area contributed by atoms with Gasteiger partial charge < -0.3 is 22.3 Å². The van der Waals surface area contributed by atoms with Gasteiger partial charge in [-0.3, -0.25) is 4.79 Å². The van der Waals surface area contributed by atoms with Gasteiger partial charge in [-0.25, -0.2) is 4.98 Å². The van der Waals surface area contributed by atoms with Gasteiger partial charge in [0.15, 0.2) is 0 Å².